The lowest BCUT2D eigenvalue weighted by molar-refractivity contribution is 0.0659. The quantitative estimate of drug-likeness (QED) is 0.758. The van der Waals surface area contributed by atoms with Gasteiger partial charge in [0.2, 0.25) is 5.76 Å². The summed E-state index contributed by atoms with van der Waals surface area (Å²) in [6.45, 7) is 2.72. The zero-order valence-corrected chi connectivity index (χ0v) is 13.2. The van der Waals surface area contributed by atoms with Gasteiger partial charge in [-0.25, -0.2) is 4.79 Å². The van der Waals surface area contributed by atoms with E-state index in [-0.39, 0.29) is 11.5 Å². The van der Waals surface area contributed by atoms with E-state index in [1.165, 1.54) is 12.1 Å². The maximum Gasteiger partial charge on any atom is 0.371 e. The van der Waals surface area contributed by atoms with Crippen molar-refractivity contribution in [3.63, 3.8) is 0 Å². The first-order valence-electron chi connectivity index (χ1n) is 6.97. The van der Waals surface area contributed by atoms with Crippen molar-refractivity contribution in [3.05, 3.63) is 52.4 Å². The Bertz CT molecular complexity index is 710. The molecule has 7 heteroatoms. The summed E-state index contributed by atoms with van der Waals surface area (Å²) >= 11 is 5.87. The van der Waals surface area contributed by atoms with Gasteiger partial charge in [0, 0.05) is 11.6 Å². The molecule has 2 aromatic rings. The highest BCUT2D eigenvalue weighted by Crippen LogP contribution is 2.21. The molecule has 23 heavy (non-hydrogen) atoms. The molecular weight excluding hydrogens is 322 g/mol. The van der Waals surface area contributed by atoms with E-state index >= 15 is 0 Å². The van der Waals surface area contributed by atoms with Gasteiger partial charge in [-0.2, -0.15) is 0 Å². The number of nitrogens with one attached hydrogen (secondary N) is 1. The Morgan fingerprint density at radius 1 is 1.26 bits per heavy atom. The topological polar surface area (TPSA) is 88.8 Å². The van der Waals surface area contributed by atoms with E-state index in [1.807, 2.05) is 13.0 Å². The fourth-order valence-electron chi connectivity index (χ4n) is 1.89. The third-order valence-corrected chi connectivity index (χ3v) is 3.28. The molecule has 0 aliphatic heterocycles. The van der Waals surface area contributed by atoms with E-state index in [0.29, 0.717) is 24.6 Å². The van der Waals surface area contributed by atoms with Crippen LogP contribution in [-0.4, -0.2) is 30.1 Å². The van der Waals surface area contributed by atoms with Crippen LogP contribution in [-0.2, 0) is 0 Å². The number of ether oxygens (including phenoxy) is 1. The standard InChI is InChI=1S/C16H16ClNO5/c1-10-9-11(17)3-4-12(10)22-8-2-7-18-15(19)13-5-6-14(23-13)16(20)21/h3-6,9H,2,7-8H2,1H3,(H,18,19)(H,20,21). The van der Waals surface area contributed by atoms with Gasteiger partial charge >= 0.3 is 5.97 Å². The molecule has 1 aromatic heterocycles. The van der Waals surface area contributed by atoms with Gasteiger partial charge in [-0.3, -0.25) is 4.79 Å². The third-order valence-electron chi connectivity index (χ3n) is 3.04. The summed E-state index contributed by atoms with van der Waals surface area (Å²) in [5.41, 5.74) is 0.943. The maximum absolute atomic E-state index is 11.8. The van der Waals surface area contributed by atoms with Crippen LogP contribution in [0.4, 0.5) is 0 Å². The molecule has 0 spiro atoms. The Labute approximate surface area is 138 Å². The minimum atomic E-state index is -1.21. The molecule has 0 saturated heterocycles. The van der Waals surface area contributed by atoms with Gasteiger partial charge in [-0.15, -0.1) is 0 Å². The summed E-state index contributed by atoms with van der Waals surface area (Å²) in [5, 5.41) is 12.0. The first-order valence-corrected chi connectivity index (χ1v) is 7.35. The van der Waals surface area contributed by atoms with E-state index in [1.54, 1.807) is 12.1 Å². The van der Waals surface area contributed by atoms with Crippen LogP contribution < -0.4 is 10.1 Å². The van der Waals surface area contributed by atoms with Crippen LogP contribution in [0.2, 0.25) is 5.02 Å². The van der Waals surface area contributed by atoms with Crippen LogP contribution in [0.25, 0.3) is 0 Å². The number of halogens is 1. The van der Waals surface area contributed by atoms with Crippen molar-refractivity contribution in [2.24, 2.45) is 0 Å². The summed E-state index contributed by atoms with van der Waals surface area (Å²) in [6.07, 6.45) is 0.598. The zero-order chi connectivity index (χ0) is 16.8. The molecule has 0 aliphatic carbocycles. The molecular formula is C16H16ClNO5. The Kier molecular flexibility index (Phi) is 5.65. The monoisotopic (exact) mass is 337 g/mol. The highest BCUT2D eigenvalue weighted by atomic mass is 35.5. The van der Waals surface area contributed by atoms with E-state index in [9.17, 15) is 9.59 Å². The minimum absolute atomic E-state index is 0.0307. The highest BCUT2D eigenvalue weighted by Gasteiger charge is 2.14. The van der Waals surface area contributed by atoms with Gasteiger partial charge in [0.1, 0.15) is 5.75 Å². The molecule has 0 saturated carbocycles. The molecule has 0 bridgehead atoms. The molecule has 1 amide bonds. The average Bonchev–Trinajstić information content (AvgIpc) is 2.99. The van der Waals surface area contributed by atoms with Gasteiger partial charge in [-0.05, 0) is 49.2 Å². The molecule has 1 heterocycles. The van der Waals surface area contributed by atoms with Crippen LogP contribution in [0.15, 0.2) is 34.7 Å². The second-order valence-electron chi connectivity index (χ2n) is 4.84. The van der Waals surface area contributed by atoms with Crippen LogP contribution >= 0.6 is 11.6 Å². The molecule has 122 valence electrons. The number of benzene rings is 1. The van der Waals surface area contributed by atoms with Crippen molar-refractivity contribution in [2.45, 2.75) is 13.3 Å². The molecule has 0 fully saturated rings. The van der Waals surface area contributed by atoms with Crippen LogP contribution in [0.3, 0.4) is 0 Å². The fraction of sp³-hybridized carbons (Fsp3) is 0.250. The van der Waals surface area contributed by atoms with Crippen LogP contribution in [0.5, 0.6) is 5.75 Å². The molecule has 2 rings (SSSR count). The summed E-state index contributed by atoms with van der Waals surface area (Å²) in [5.74, 6) is -1.22. The SMILES string of the molecule is Cc1cc(Cl)ccc1OCCCNC(=O)c1ccc(C(=O)O)o1. The summed E-state index contributed by atoms with van der Waals surface area (Å²) < 4.78 is 10.5. The second-order valence-corrected chi connectivity index (χ2v) is 5.27. The first kappa shape index (κ1) is 16.9. The molecule has 1 aromatic carbocycles. The van der Waals surface area contributed by atoms with E-state index in [4.69, 9.17) is 25.9 Å². The fourth-order valence-corrected chi connectivity index (χ4v) is 2.12. The summed E-state index contributed by atoms with van der Waals surface area (Å²) in [7, 11) is 0. The van der Waals surface area contributed by atoms with Crippen LogP contribution in [0, 0.1) is 6.92 Å². The number of aryl methyl sites for hydroxylation is 1. The van der Waals surface area contributed by atoms with Gasteiger partial charge in [0.15, 0.2) is 5.76 Å². The second kappa shape index (κ2) is 7.69. The number of carbonyl (C=O) groups is 2. The molecule has 2 N–H and O–H groups in total. The van der Waals surface area contributed by atoms with Crippen molar-refractivity contribution < 1.29 is 23.8 Å². The number of carboxylic acid groups (broad SMARTS) is 1. The summed E-state index contributed by atoms with van der Waals surface area (Å²) in [4.78, 5) is 22.4. The molecule has 0 radical (unpaired) electrons. The van der Waals surface area contributed by atoms with Gasteiger partial charge < -0.3 is 19.6 Å². The number of carbonyl (C=O) groups excluding carboxylic acids is 1. The Hall–Kier alpha value is -2.47. The van der Waals surface area contributed by atoms with Crippen LogP contribution in [0.1, 0.15) is 33.1 Å². The number of hydrogen-bond acceptors (Lipinski definition) is 4. The molecule has 0 aliphatic rings. The highest BCUT2D eigenvalue weighted by molar-refractivity contribution is 6.30. The Balaban J connectivity index is 1.72. The number of amides is 1. The average molecular weight is 338 g/mol. The zero-order valence-electron chi connectivity index (χ0n) is 12.5. The van der Waals surface area contributed by atoms with Gasteiger partial charge in [0.25, 0.3) is 5.91 Å². The lowest BCUT2D eigenvalue weighted by atomic mass is 10.2. The number of rotatable bonds is 7. The molecule has 6 nitrogen and oxygen atoms in total. The van der Waals surface area contributed by atoms with Crippen molar-refractivity contribution in [2.75, 3.05) is 13.2 Å². The van der Waals surface area contributed by atoms with Crippen molar-refractivity contribution in [1.29, 1.82) is 0 Å². The smallest absolute Gasteiger partial charge is 0.371 e. The summed E-state index contributed by atoms with van der Waals surface area (Å²) in [6, 6.07) is 7.93. The minimum Gasteiger partial charge on any atom is -0.493 e. The third kappa shape index (κ3) is 4.75. The molecule has 0 atom stereocenters. The van der Waals surface area contributed by atoms with E-state index in [0.717, 1.165) is 11.3 Å². The predicted molar refractivity (Wildman–Crippen MR) is 84.3 cm³/mol. The van der Waals surface area contributed by atoms with Crippen molar-refractivity contribution >= 4 is 23.5 Å². The normalized spacial score (nSPS) is 10.3. The number of hydrogen-bond donors (Lipinski definition) is 2. The lowest BCUT2D eigenvalue weighted by Gasteiger charge is -2.09. The number of furan rings is 1. The van der Waals surface area contributed by atoms with E-state index < -0.39 is 11.9 Å². The van der Waals surface area contributed by atoms with Crippen molar-refractivity contribution in [1.82, 2.24) is 5.32 Å². The lowest BCUT2D eigenvalue weighted by Crippen LogP contribution is -2.25. The van der Waals surface area contributed by atoms with Crippen molar-refractivity contribution in [3.8, 4) is 5.75 Å². The number of carboxylic acids is 1. The number of aromatic carboxylic acids is 1. The Morgan fingerprint density at radius 2 is 2.00 bits per heavy atom. The van der Waals surface area contributed by atoms with Gasteiger partial charge in [0.05, 0.1) is 6.61 Å². The molecule has 0 unspecified atom stereocenters. The van der Waals surface area contributed by atoms with E-state index in [2.05, 4.69) is 5.32 Å². The maximum atomic E-state index is 11.8. The van der Waals surface area contributed by atoms with Gasteiger partial charge in [-0.1, -0.05) is 11.6 Å². The Morgan fingerprint density at radius 3 is 2.65 bits per heavy atom. The first-order chi connectivity index (χ1) is 11.0. The largest absolute Gasteiger partial charge is 0.493 e. The predicted octanol–water partition coefficient (Wildman–Crippen LogP) is 3.14.